The van der Waals surface area contributed by atoms with E-state index < -0.39 is 0 Å². The Morgan fingerprint density at radius 3 is 2.92 bits per heavy atom. The first-order valence-corrected chi connectivity index (χ1v) is 3.71. The number of aromatic hydroxyl groups is 1. The molecule has 1 aromatic carbocycles. The fourth-order valence-electron chi connectivity index (χ4n) is 1.00. The minimum Gasteiger partial charge on any atom is -0.508 e. The number of methoxy groups -OCH3 is 1. The molecule has 12 heavy (non-hydrogen) atoms. The molecule has 0 saturated carbocycles. The predicted octanol–water partition coefficient (Wildman–Crippen LogP) is 2.18. The van der Waals surface area contributed by atoms with Crippen LogP contribution >= 0.6 is 0 Å². The smallest absolute Gasteiger partial charge is 0.121 e. The SMILES string of the molecule is C=Cc1ccc(O)c(COC)c1. The van der Waals surface area contributed by atoms with Gasteiger partial charge in [-0.15, -0.1) is 0 Å². The van der Waals surface area contributed by atoms with E-state index in [1.165, 1.54) is 0 Å². The zero-order valence-electron chi connectivity index (χ0n) is 7.08. The van der Waals surface area contributed by atoms with Crippen molar-refractivity contribution in [3.05, 3.63) is 35.9 Å². The van der Waals surface area contributed by atoms with Gasteiger partial charge in [-0.05, 0) is 17.7 Å². The van der Waals surface area contributed by atoms with Gasteiger partial charge in [-0.1, -0.05) is 18.7 Å². The van der Waals surface area contributed by atoms with Crippen molar-refractivity contribution in [2.24, 2.45) is 0 Å². The predicted molar refractivity (Wildman–Crippen MR) is 48.9 cm³/mol. The molecule has 64 valence electrons. The molecular formula is C10H12O2. The summed E-state index contributed by atoms with van der Waals surface area (Å²) in [6.45, 7) is 4.06. The van der Waals surface area contributed by atoms with Crippen LogP contribution in [0, 0.1) is 0 Å². The van der Waals surface area contributed by atoms with Gasteiger partial charge in [0, 0.05) is 12.7 Å². The maximum atomic E-state index is 9.35. The van der Waals surface area contributed by atoms with Crippen molar-refractivity contribution in [3.63, 3.8) is 0 Å². The molecular weight excluding hydrogens is 152 g/mol. The molecule has 2 nitrogen and oxygen atoms in total. The van der Waals surface area contributed by atoms with Crippen LogP contribution < -0.4 is 0 Å². The molecule has 1 rings (SSSR count). The number of hydrogen-bond acceptors (Lipinski definition) is 2. The van der Waals surface area contributed by atoms with E-state index in [1.807, 2.05) is 12.1 Å². The highest BCUT2D eigenvalue weighted by Crippen LogP contribution is 2.19. The van der Waals surface area contributed by atoms with Gasteiger partial charge in [0.05, 0.1) is 6.61 Å². The minimum atomic E-state index is 0.266. The van der Waals surface area contributed by atoms with Gasteiger partial charge in [0.2, 0.25) is 0 Å². The summed E-state index contributed by atoms with van der Waals surface area (Å²) in [6.07, 6.45) is 1.73. The minimum absolute atomic E-state index is 0.266. The summed E-state index contributed by atoms with van der Waals surface area (Å²) in [7, 11) is 1.60. The Morgan fingerprint density at radius 1 is 1.58 bits per heavy atom. The summed E-state index contributed by atoms with van der Waals surface area (Å²) in [4.78, 5) is 0. The quantitative estimate of drug-likeness (QED) is 0.742. The highest BCUT2D eigenvalue weighted by molar-refractivity contribution is 5.51. The number of phenols is 1. The van der Waals surface area contributed by atoms with E-state index in [1.54, 1.807) is 19.3 Å². The number of phenolic OH excluding ortho intramolecular Hbond substituents is 1. The molecule has 0 amide bonds. The lowest BCUT2D eigenvalue weighted by Crippen LogP contribution is -1.88. The van der Waals surface area contributed by atoms with Gasteiger partial charge >= 0.3 is 0 Å². The van der Waals surface area contributed by atoms with Crippen molar-refractivity contribution in [2.45, 2.75) is 6.61 Å². The van der Waals surface area contributed by atoms with Crippen LogP contribution in [0.2, 0.25) is 0 Å². The number of hydrogen-bond donors (Lipinski definition) is 1. The number of rotatable bonds is 3. The summed E-state index contributed by atoms with van der Waals surface area (Å²) in [5.74, 6) is 0.266. The van der Waals surface area contributed by atoms with Crippen molar-refractivity contribution < 1.29 is 9.84 Å². The Hall–Kier alpha value is -1.28. The average Bonchev–Trinajstić information content (AvgIpc) is 2.09. The third kappa shape index (κ3) is 1.86. The standard InChI is InChI=1S/C10H12O2/c1-3-8-4-5-10(11)9(6-8)7-12-2/h3-6,11H,1,7H2,2H3. The molecule has 0 atom stereocenters. The Kier molecular flexibility index (Phi) is 2.88. The zero-order chi connectivity index (χ0) is 8.97. The summed E-state index contributed by atoms with van der Waals surface area (Å²) in [5, 5.41) is 9.35. The first kappa shape index (κ1) is 8.81. The van der Waals surface area contributed by atoms with Gasteiger partial charge in [0.1, 0.15) is 5.75 Å². The van der Waals surface area contributed by atoms with E-state index in [0.717, 1.165) is 11.1 Å². The molecule has 0 aliphatic heterocycles. The second kappa shape index (κ2) is 3.93. The van der Waals surface area contributed by atoms with E-state index >= 15 is 0 Å². The fraction of sp³-hybridized carbons (Fsp3) is 0.200. The summed E-state index contributed by atoms with van der Waals surface area (Å²) >= 11 is 0. The maximum absolute atomic E-state index is 9.35. The first-order chi connectivity index (χ1) is 5.77. The molecule has 0 heterocycles. The van der Waals surface area contributed by atoms with Crippen LogP contribution in [-0.2, 0) is 11.3 Å². The molecule has 0 saturated heterocycles. The van der Waals surface area contributed by atoms with E-state index in [0.29, 0.717) is 6.61 Å². The largest absolute Gasteiger partial charge is 0.508 e. The normalized spacial score (nSPS) is 9.75. The van der Waals surface area contributed by atoms with Gasteiger partial charge < -0.3 is 9.84 Å². The molecule has 0 aromatic heterocycles. The molecule has 0 fully saturated rings. The monoisotopic (exact) mass is 164 g/mol. The molecule has 0 aliphatic rings. The highest BCUT2D eigenvalue weighted by Gasteiger charge is 1.99. The topological polar surface area (TPSA) is 29.5 Å². The second-order valence-corrected chi connectivity index (χ2v) is 2.53. The summed E-state index contributed by atoms with van der Waals surface area (Å²) < 4.78 is 4.91. The molecule has 0 spiro atoms. The van der Waals surface area contributed by atoms with Crippen LogP contribution in [0.25, 0.3) is 6.08 Å². The first-order valence-electron chi connectivity index (χ1n) is 3.71. The Morgan fingerprint density at radius 2 is 2.33 bits per heavy atom. The van der Waals surface area contributed by atoms with Crippen LogP contribution in [0.3, 0.4) is 0 Å². The van der Waals surface area contributed by atoms with Crippen molar-refractivity contribution in [3.8, 4) is 5.75 Å². The molecule has 0 bridgehead atoms. The molecule has 0 radical (unpaired) electrons. The fourth-order valence-corrected chi connectivity index (χ4v) is 1.00. The zero-order valence-corrected chi connectivity index (χ0v) is 7.08. The van der Waals surface area contributed by atoms with Gasteiger partial charge in [-0.3, -0.25) is 0 Å². The second-order valence-electron chi connectivity index (χ2n) is 2.53. The van der Waals surface area contributed by atoms with Gasteiger partial charge in [-0.2, -0.15) is 0 Å². The number of benzene rings is 1. The molecule has 0 unspecified atom stereocenters. The van der Waals surface area contributed by atoms with Crippen LogP contribution in [0.5, 0.6) is 5.75 Å². The third-order valence-electron chi connectivity index (χ3n) is 1.64. The average molecular weight is 164 g/mol. The summed E-state index contributed by atoms with van der Waals surface area (Å²) in [6, 6.07) is 5.30. The summed E-state index contributed by atoms with van der Waals surface area (Å²) in [5.41, 5.74) is 1.77. The van der Waals surface area contributed by atoms with Crippen LogP contribution in [0.4, 0.5) is 0 Å². The van der Waals surface area contributed by atoms with E-state index in [4.69, 9.17) is 4.74 Å². The van der Waals surface area contributed by atoms with E-state index in [2.05, 4.69) is 6.58 Å². The Balaban J connectivity index is 2.99. The Bertz CT molecular complexity index is 279. The highest BCUT2D eigenvalue weighted by atomic mass is 16.5. The van der Waals surface area contributed by atoms with Crippen LogP contribution in [0.15, 0.2) is 24.8 Å². The van der Waals surface area contributed by atoms with Crippen molar-refractivity contribution >= 4 is 6.08 Å². The molecule has 2 heteroatoms. The number of ether oxygens (including phenoxy) is 1. The molecule has 0 aliphatic carbocycles. The third-order valence-corrected chi connectivity index (χ3v) is 1.64. The van der Waals surface area contributed by atoms with E-state index in [9.17, 15) is 5.11 Å². The van der Waals surface area contributed by atoms with Gasteiger partial charge in [0.15, 0.2) is 0 Å². The Labute approximate surface area is 72.1 Å². The lowest BCUT2D eigenvalue weighted by atomic mass is 10.1. The van der Waals surface area contributed by atoms with Gasteiger partial charge in [-0.25, -0.2) is 0 Å². The lowest BCUT2D eigenvalue weighted by Gasteiger charge is -2.03. The van der Waals surface area contributed by atoms with Crippen molar-refractivity contribution in [1.82, 2.24) is 0 Å². The maximum Gasteiger partial charge on any atom is 0.121 e. The van der Waals surface area contributed by atoms with Crippen molar-refractivity contribution in [2.75, 3.05) is 7.11 Å². The molecule has 1 aromatic rings. The molecule has 1 N–H and O–H groups in total. The lowest BCUT2D eigenvalue weighted by molar-refractivity contribution is 0.182. The van der Waals surface area contributed by atoms with Crippen LogP contribution in [-0.4, -0.2) is 12.2 Å². The van der Waals surface area contributed by atoms with Crippen molar-refractivity contribution in [1.29, 1.82) is 0 Å². The van der Waals surface area contributed by atoms with Gasteiger partial charge in [0.25, 0.3) is 0 Å². The van der Waals surface area contributed by atoms with E-state index in [-0.39, 0.29) is 5.75 Å². The van der Waals surface area contributed by atoms with Crippen LogP contribution in [0.1, 0.15) is 11.1 Å².